The van der Waals surface area contributed by atoms with Gasteiger partial charge in [-0.3, -0.25) is 4.18 Å². The molecular formula is C14H13F3N2O4S. The monoisotopic (exact) mass is 362 g/mol. The lowest BCUT2D eigenvalue weighted by Crippen LogP contribution is -2.09. The fourth-order valence-corrected chi connectivity index (χ4v) is 2.17. The van der Waals surface area contributed by atoms with Crippen LogP contribution in [0.4, 0.5) is 13.2 Å². The lowest BCUT2D eigenvalue weighted by molar-refractivity contribution is -0.137. The smallest absolute Gasteiger partial charge is 0.417 e. The number of benzene rings is 1. The third-order valence-electron chi connectivity index (χ3n) is 2.92. The molecule has 0 saturated heterocycles. The Labute approximate surface area is 136 Å². The quantitative estimate of drug-likeness (QED) is 0.761. The van der Waals surface area contributed by atoms with E-state index in [0.29, 0.717) is 5.56 Å². The Hall–Kier alpha value is -2.20. The lowest BCUT2D eigenvalue weighted by Gasteiger charge is -2.13. The topological polar surface area (TPSA) is 78.4 Å². The van der Waals surface area contributed by atoms with Gasteiger partial charge in [-0.25, -0.2) is 9.97 Å². The van der Waals surface area contributed by atoms with E-state index in [1.165, 1.54) is 31.6 Å². The van der Waals surface area contributed by atoms with E-state index in [9.17, 15) is 21.6 Å². The number of rotatable bonds is 5. The van der Waals surface area contributed by atoms with Gasteiger partial charge in [-0.05, 0) is 18.2 Å². The van der Waals surface area contributed by atoms with E-state index >= 15 is 0 Å². The molecule has 0 saturated carbocycles. The molecule has 0 amide bonds. The molecule has 0 bridgehead atoms. The SMILES string of the molecule is COc1ccc(-c2ncc(COS(C)(=O)=O)cn2)c(C(F)(F)F)c1. The van der Waals surface area contributed by atoms with E-state index in [4.69, 9.17) is 4.74 Å². The van der Waals surface area contributed by atoms with Crippen LogP contribution in [0.2, 0.25) is 0 Å². The average Bonchev–Trinajstić information content (AvgIpc) is 2.51. The van der Waals surface area contributed by atoms with E-state index in [1.807, 2.05) is 0 Å². The first-order chi connectivity index (χ1) is 11.1. The van der Waals surface area contributed by atoms with Crippen LogP contribution in [0.15, 0.2) is 30.6 Å². The molecule has 2 rings (SSSR count). The first-order valence-electron chi connectivity index (χ1n) is 6.51. The Morgan fingerprint density at radius 1 is 1.17 bits per heavy atom. The molecule has 10 heteroatoms. The number of methoxy groups -OCH3 is 1. The van der Waals surface area contributed by atoms with E-state index < -0.39 is 21.9 Å². The maximum atomic E-state index is 13.2. The number of ether oxygens (including phenoxy) is 1. The second kappa shape index (κ2) is 6.73. The van der Waals surface area contributed by atoms with Crippen LogP contribution in [0, 0.1) is 0 Å². The molecule has 0 N–H and O–H groups in total. The minimum Gasteiger partial charge on any atom is -0.497 e. The molecule has 0 unspecified atom stereocenters. The Morgan fingerprint density at radius 2 is 1.79 bits per heavy atom. The number of hydrogen-bond acceptors (Lipinski definition) is 6. The van der Waals surface area contributed by atoms with Crippen molar-refractivity contribution in [2.24, 2.45) is 0 Å². The van der Waals surface area contributed by atoms with Gasteiger partial charge in [-0.1, -0.05) is 0 Å². The Bertz CT molecular complexity index is 821. The second-order valence-corrected chi connectivity index (χ2v) is 6.43. The van der Waals surface area contributed by atoms with E-state index in [1.54, 1.807) is 0 Å². The van der Waals surface area contributed by atoms with Crippen molar-refractivity contribution in [3.63, 3.8) is 0 Å². The standard InChI is InChI=1S/C14H13F3N2O4S/c1-22-10-3-4-11(12(5-10)14(15,16)17)13-18-6-9(7-19-13)8-23-24(2,20)21/h3-7H,8H2,1-2H3. The Kier molecular flexibility index (Phi) is 5.09. The van der Waals surface area contributed by atoms with Gasteiger partial charge in [0.25, 0.3) is 10.1 Å². The first-order valence-corrected chi connectivity index (χ1v) is 8.33. The van der Waals surface area contributed by atoms with Crippen molar-refractivity contribution in [1.82, 2.24) is 9.97 Å². The Morgan fingerprint density at radius 3 is 2.29 bits per heavy atom. The van der Waals surface area contributed by atoms with Crippen LogP contribution in [0.5, 0.6) is 5.75 Å². The molecule has 1 heterocycles. The molecule has 0 atom stereocenters. The highest BCUT2D eigenvalue weighted by atomic mass is 32.2. The highest BCUT2D eigenvalue weighted by molar-refractivity contribution is 7.85. The van der Waals surface area contributed by atoms with Gasteiger partial charge in [0.15, 0.2) is 5.82 Å². The van der Waals surface area contributed by atoms with Crippen LogP contribution in [0.25, 0.3) is 11.4 Å². The summed E-state index contributed by atoms with van der Waals surface area (Å²) in [6, 6.07) is 3.44. The molecule has 6 nitrogen and oxygen atoms in total. The molecule has 130 valence electrons. The highest BCUT2D eigenvalue weighted by Crippen LogP contribution is 2.37. The fourth-order valence-electron chi connectivity index (χ4n) is 1.82. The maximum absolute atomic E-state index is 13.2. The number of halogens is 3. The van der Waals surface area contributed by atoms with Crippen molar-refractivity contribution in [3.8, 4) is 17.1 Å². The summed E-state index contributed by atoms with van der Waals surface area (Å²) in [6.45, 7) is -0.298. The average molecular weight is 362 g/mol. The highest BCUT2D eigenvalue weighted by Gasteiger charge is 2.35. The Balaban J connectivity index is 2.35. The van der Waals surface area contributed by atoms with Crippen LogP contribution in [0.1, 0.15) is 11.1 Å². The summed E-state index contributed by atoms with van der Waals surface area (Å²) in [7, 11) is -2.37. The molecule has 2 aromatic rings. The largest absolute Gasteiger partial charge is 0.497 e. The van der Waals surface area contributed by atoms with E-state index in [2.05, 4.69) is 14.2 Å². The minimum absolute atomic E-state index is 0.0595. The van der Waals surface area contributed by atoms with Crippen molar-refractivity contribution in [2.75, 3.05) is 13.4 Å². The number of nitrogens with zero attached hydrogens (tertiary/aromatic N) is 2. The third kappa shape index (κ3) is 4.65. The molecule has 1 aromatic carbocycles. The summed E-state index contributed by atoms with van der Waals surface area (Å²) < 4.78 is 70.7. The predicted octanol–water partition coefficient (Wildman–Crippen LogP) is 2.65. The molecule has 0 radical (unpaired) electrons. The maximum Gasteiger partial charge on any atom is 0.417 e. The first kappa shape index (κ1) is 18.1. The van der Waals surface area contributed by atoms with Crippen molar-refractivity contribution >= 4 is 10.1 Å². The molecule has 0 aliphatic carbocycles. The minimum atomic E-state index is -4.61. The summed E-state index contributed by atoms with van der Waals surface area (Å²) >= 11 is 0. The van der Waals surface area contributed by atoms with Crippen LogP contribution in [0.3, 0.4) is 0 Å². The number of aromatic nitrogens is 2. The van der Waals surface area contributed by atoms with Crippen molar-refractivity contribution in [3.05, 3.63) is 41.7 Å². The number of hydrogen-bond donors (Lipinski definition) is 0. The summed E-state index contributed by atoms with van der Waals surface area (Å²) in [5.74, 6) is -0.0858. The zero-order valence-electron chi connectivity index (χ0n) is 12.7. The van der Waals surface area contributed by atoms with Crippen molar-refractivity contribution in [2.45, 2.75) is 12.8 Å². The summed E-state index contributed by atoms with van der Waals surface area (Å²) in [5.41, 5.74) is -0.827. The van der Waals surface area contributed by atoms with Gasteiger partial charge in [0, 0.05) is 23.5 Å². The molecule has 0 spiro atoms. The number of alkyl halides is 3. The van der Waals surface area contributed by atoms with E-state index in [0.717, 1.165) is 12.3 Å². The van der Waals surface area contributed by atoms with Crippen molar-refractivity contribution in [1.29, 1.82) is 0 Å². The summed E-state index contributed by atoms with van der Waals surface area (Å²) in [5, 5.41) is 0. The molecule has 24 heavy (non-hydrogen) atoms. The molecule has 1 aromatic heterocycles. The predicted molar refractivity (Wildman–Crippen MR) is 78.7 cm³/mol. The van der Waals surface area contributed by atoms with Gasteiger partial charge in [0.2, 0.25) is 0 Å². The van der Waals surface area contributed by atoms with Gasteiger partial charge in [0.1, 0.15) is 5.75 Å². The lowest BCUT2D eigenvalue weighted by atomic mass is 10.1. The summed E-state index contributed by atoms with van der Waals surface area (Å²) in [4.78, 5) is 7.71. The zero-order valence-corrected chi connectivity index (χ0v) is 13.5. The normalized spacial score (nSPS) is 12.2. The molecular weight excluding hydrogens is 349 g/mol. The van der Waals surface area contributed by atoms with E-state index in [-0.39, 0.29) is 23.7 Å². The van der Waals surface area contributed by atoms with Gasteiger partial charge < -0.3 is 4.74 Å². The van der Waals surface area contributed by atoms with Crippen LogP contribution < -0.4 is 4.74 Å². The fraction of sp³-hybridized carbons (Fsp3) is 0.286. The van der Waals surface area contributed by atoms with Crippen molar-refractivity contribution < 1.29 is 30.5 Å². The van der Waals surface area contributed by atoms with Gasteiger partial charge in [-0.2, -0.15) is 21.6 Å². The van der Waals surface area contributed by atoms with Gasteiger partial charge >= 0.3 is 6.18 Å². The van der Waals surface area contributed by atoms with Crippen LogP contribution >= 0.6 is 0 Å². The molecule has 0 aliphatic heterocycles. The van der Waals surface area contributed by atoms with Crippen LogP contribution in [-0.2, 0) is 27.1 Å². The third-order valence-corrected chi connectivity index (χ3v) is 3.46. The van der Waals surface area contributed by atoms with Gasteiger partial charge in [-0.15, -0.1) is 0 Å². The molecule has 0 aliphatic rings. The van der Waals surface area contributed by atoms with Gasteiger partial charge in [0.05, 0.1) is 25.5 Å². The van der Waals surface area contributed by atoms with Crippen LogP contribution in [-0.4, -0.2) is 31.8 Å². The second-order valence-electron chi connectivity index (χ2n) is 4.79. The zero-order chi connectivity index (χ0) is 18.0. The summed E-state index contributed by atoms with van der Waals surface area (Å²) in [6.07, 6.45) is -1.31. The molecule has 0 fully saturated rings.